The van der Waals surface area contributed by atoms with E-state index in [1.54, 1.807) is 0 Å². The molecule has 0 fully saturated rings. The van der Waals surface area contributed by atoms with Crippen molar-refractivity contribution in [3.8, 4) is 0 Å². The Morgan fingerprint density at radius 2 is 1.67 bits per heavy atom. The van der Waals surface area contributed by atoms with Gasteiger partial charge in [-0.15, -0.1) is 11.3 Å². The third kappa shape index (κ3) is 4.10. The van der Waals surface area contributed by atoms with Crippen LogP contribution in [0, 0.1) is 0 Å². The first-order valence-electron chi connectivity index (χ1n) is 11.3. The summed E-state index contributed by atoms with van der Waals surface area (Å²) >= 11 is 1.81. The van der Waals surface area contributed by atoms with Crippen LogP contribution in [0.2, 0.25) is 0 Å². The Hall–Kier alpha value is -3.62. The van der Waals surface area contributed by atoms with Crippen LogP contribution in [0.25, 0.3) is 34.0 Å². The van der Waals surface area contributed by atoms with Gasteiger partial charge in [-0.2, -0.15) is 0 Å². The maximum absolute atomic E-state index is 4.40. The topological polar surface area (TPSA) is 3.24 Å². The lowest BCUT2D eigenvalue weighted by Crippen LogP contribution is -2.23. The first kappa shape index (κ1) is 21.2. The van der Waals surface area contributed by atoms with E-state index in [1.807, 2.05) is 11.3 Å². The summed E-state index contributed by atoms with van der Waals surface area (Å²) in [6.45, 7) is 13.3. The van der Waals surface area contributed by atoms with E-state index in [9.17, 15) is 0 Å². The van der Waals surface area contributed by atoms with Crippen molar-refractivity contribution in [2.45, 2.75) is 19.8 Å². The molecular formula is C31H27NS. The maximum Gasteiger partial charge on any atom is 0.0521 e. The molecule has 3 aromatic carbocycles. The molecule has 1 nitrogen and oxygen atoms in total. The summed E-state index contributed by atoms with van der Waals surface area (Å²) in [5, 5.41) is 2.44. The van der Waals surface area contributed by atoms with Gasteiger partial charge in [0.2, 0.25) is 0 Å². The monoisotopic (exact) mass is 445 g/mol. The molecule has 0 saturated carbocycles. The molecule has 0 aliphatic carbocycles. The van der Waals surface area contributed by atoms with Crippen LogP contribution in [-0.4, -0.2) is 0 Å². The molecule has 1 aromatic heterocycles. The van der Waals surface area contributed by atoms with Gasteiger partial charge in [0.05, 0.1) is 4.53 Å². The zero-order valence-corrected chi connectivity index (χ0v) is 19.9. The predicted molar refractivity (Wildman–Crippen MR) is 147 cm³/mol. The molecule has 5 rings (SSSR count). The second kappa shape index (κ2) is 8.73. The van der Waals surface area contributed by atoms with Crippen LogP contribution in [0.5, 0.6) is 0 Å². The zero-order valence-electron chi connectivity index (χ0n) is 19.1. The minimum absolute atomic E-state index is 0.471. The molecule has 0 bridgehead atoms. The Labute approximate surface area is 199 Å². The first-order valence-corrected chi connectivity index (χ1v) is 12.1. The number of rotatable bonds is 2. The quantitative estimate of drug-likeness (QED) is 0.313. The number of fused-ring (bicyclic) bond motifs is 4. The summed E-state index contributed by atoms with van der Waals surface area (Å²) in [6.07, 6.45) is 8.77. The molecular weight excluding hydrogens is 418 g/mol. The van der Waals surface area contributed by atoms with Crippen molar-refractivity contribution in [2.75, 3.05) is 4.90 Å². The van der Waals surface area contributed by atoms with E-state index < -0.39 is 0 Å². The average molecular weight is 446 g/mol. The van der Waals surface area contributed by atoms with Crippen molar-refractivity contribution in [1.29, 1.82) is 0 Å². The molecule has 33 heavy (non-hydrogen) atoms. The Balaban J connectivity index is 1.82. The maximum atomic E-state index is 4.40. The lowest BCUT2D eigenvalue weighted by Gasteiger charge is -2.18. The summed E-state index contributed by atoms with van der Waals surface area (Å²) in [6, 6.07) is 25.8. The van der Waals surface area contributed by atoms with E-state index in [-0.39, 0.29) is 0 Å². The lowest BCUT2D eigenvalue weighted by molar-refractivity contribution is 0.866. The number of benzene rings is 3. The number of hydrogen-bond acceptors (Lipinski definition) is 2. The minimum Gasteiger partial charge on any atom is -0.322 e. The molecule has 1 aliphatic rings. The largest absolute Gasteiger partial charge is 0.322 e. The van der Waals surface area contributed by atoms with E-state index in [0.717, 1.165) is 28.0 Å². The molecule has 2 heteroatoms. The van der Waals surface area contributed by atoms with Gasteiger partial charge in [0.25, 0.3) is 0 Å². The van der Waals surface area contributed by atoms with Gasteiger partial charge in [-0.3, -0.25) is 0 Å². The van der Waals surface area contributed by atoms with E-state index in [4.69, 9.17) is 0 Å². The van der Waals surface area contributed by atoms with Crippen molar-refractivity contribution in [1.82, 2.24) is 0 Å². The number of hydrogen-bond donors (Lipinski definition) is 0. The van der Waals surface area contributed by atoms with E-state index >= 15 is 0 Å². The molecule has 0 radical (unpaired) electrons. The van der Waals surface area contributed by atoms with Gasteiger partial charge >= 0.3 is 0 Å². The molecule has 0 N–H and O–H groups in total. The van der Waals surface area contributed by atoms with Gasteiger partial charge in [0.15, 0.2) is 0 Å². The lowest BCUT2D eigenvalue weighted by atomic mass is 9.95. The molecule has 2 heterocycles. The second-order valence-corrected chi connectivity index (χ2v) is 9.80. The Morgan fingerprint density at radius 1 is 0.879 bits per heavy atom. The van der Waals surface area contributed by atoms with Crippen LogP contribution >= 0.6 is 11.3 Å². The molecule has 162 valence electrons. The fourth-order valence-electron chi connectivity index (χ4n) is 4.22. The first-order chi connectivity index (χ1) is 16.0. The summed E-state index contributed by atoms with van der Waals surface area (Å²) in [5.74, 6) is 0.471. The van der Waals surface area contributed by atoms with E-state index in [2.05, 4.69) is 129 Å². The molecule has 0 unspecified atom stereocenters. The van der Waals surface area contributed by atoms with Gasteiger partial charge in [-0.25, -0.2) is 0 Å². The fourth-order valence-corrected chi connectivity index (χ4v) is 5.33. The van der Waals surface area contributed by atoms with Gasteiger partial charge < -0.3 is 4.90 Å². The number of allylic oxidation sites excluding steroid dienone is 2. The number of nitrogens with zero attached hydrogens (tertiary/aromatic N) is 1. The van der Waals surface area contributed by atoms with E-state index in [0.29, 0.717) is 5.92 Å². The van der Waals surface area contributed by atoms with Gasteiger partial charge in [0.1, 0.15) is 0 Å². The third-order valence-electron chi connectivity index (χ3n) is 6.16. The van der Waals surface area contributed by atoms with Crippen molar-refractivity contribution in [3.05, 3.63) is 124 Å². The van der Waals surface area contributed by atoms with Crippen LogP contribution in [0.1, 0.15) is 36.5 Å². The zero-order chi connectivity index (χ0) is 22.9. The van der Waals surface area contributed by atoms with Gasteiger partial charge in [-0.05, 0) is 64.1 Å². The van der Waals surface area contributed by atoms with Gasteiger partial charge in [0, 0.05) is 33.4 Å². The van der Waals surface area contributed by atoms with Crippen LogP contribution in [-0.2, 0) is 0 Å². The number of thiophene rings is 1. The van der Waals surface area contributed by atoms with E-state index in [1.165, 1.54) is 25.4 Å². The average Bonchev–Trinajstić information content (AvgIpc) is 3.17. The van der Waals surface area contributed by atoms with Crippen molar-refractivity contribution in [3.63, 3.8) is 0 Å². The Kier molecular flexibility index (Phi) is 5.62. The molecule has 0 saturated heterocycles. The van der Waals surface area contributed by atoms with Crippen molar-refractivity contribution < 1.29 is 0 Å². The van der Waals surface area contributed by atoms with Crippen molar-refractivity contribution in [2.24, 2.45) is 0 Å². The molecule has 4 aromatic rings. The predicted octanol–water partition coefficient (Wildman–Crippen LogP) is 7.30. The number of anilines is 1. The highest BCUT2D eigenvalue weighted by atomic mass is 32.1. The van der Waals surface area contributed by atoms with Crippen molar-refractivity contribution >= 4 is 51.0 Å². The SMILES string of the molecule is C=C1/C=c2\c(sc3ccccc23)=C/N(c2cccc(C(C)C)c2)/C=C\c2ccccc2C1=C. The van der Waals surface area contributed by atoms with Crippen LogP contribution < -0.4 is 14.7 Å². The fraction of sp³-hybridized carbons (Fsp3) is 0.0968. The standard InChI is InChI=1S/C31H27NS/c1-21(2)25-11-9-12-26(19-25)32-17-16-24-10-5-6-13-27(24)23(4)22(3)18-29-28-14-7-8-15-30(28)33-31(29)20-32/h5-21H,3-4H2,1-2H3/b17-16-,29-18-,31-20+. The smallest absolute Gasteiger partial charge is 0.0521 e. The summed E-state index contributed by atoms with van der Waals surface area (Å²) in [5.41, 5.74) is 6.60. The summed E-state index contributed by atoms with van der Waals surface area (Å²) < 4.78 is 2.47. The van der Waals surface area contributed by atoms with Crippen LogP contribution in [0.15, 0.2) is 97.7 Å². The summed E-state index contributed by atoms with van der Waals surface area (Å²) in [7, 11) is 0. The van der Waals surface area contributed by atoms with Gasteiger partial charge in [-0.1, -0.05) is 81.6 Å². The normalized spacial score (nSPS) is 16.9. The van der Waals surface area contributed by atoms with Crippen LogP contribution in [0.4, 0.5) is 5.69 Å². The Morgan fingerprint density at radius 3 is 2.52 bits per heavy atom. The minimum atomic E-state index is 0.471. The molecule has 0 amide bonds. The summed E-state index contributed by atoms with van der Waals surface area (Å²) in [4.78, 5) is 2.24. The molecule has 1 aliphatic heterocycles. The second-order valence-electron chi connectivity index (χ2n) is 8.71. The highest BCUT2D eigenvalue weighted by Crippen LogP contribution is 2.28. The highest BCUT2D eigenvalue weighted by Gasteiger charge is 2.11. The molecule has 0 spiro atoms. The third-order valence-corrected chi connectivity index (χ3v) is 7.28. The van der Waals surface area contributed by atoms with Crippen LogP contribution in [0.3, 0.4) is 0 Å². The molecule has 0 atom stereocenters. The Bertz CT molecular complexity index is 1530. The highest BCUT2D eigenvalue weighted by molar-refractivity contribution is 7.17.